The maximum atomic E-state index is 14.2. The van der Waals surface area contributed by atoms with Crippen LogP contribution in [0.15, 0.2) is 24.3 Å². The number of aromatic hydroxyl groups is 1. The van der Waals surface area contributed by atoms with E-state index in [4.69, 9.17) is 10.5 Å². The molecule has 10 N–H and O–H groups in total. The van der Waals surface area contributed by atoms with Crippen LogP contribution >= 0.6 is 0 Å². The average molecular weight is 888 g/mol. The molecular weight excluding hydrogens is 815 g/mol. The quantitative estimate of drug-likeness (QED) is 0.0717. The van der Waals surface area contributed by atoms with Gasteiger partial charge in [0.15, 0.2) is 0 Å². The predicted molar refractivity (Wildman–Crippen MR) is 235 cm³/mol. The van der Waals surface area contributed by atoms with Crippen LogP contribution < -0.4 is 37.6 Å². The molecule has 1 aromatic carbocycles. The first kappa shape index (κ1) is 53.9. The Hall–Kier alpha value is -5.26. The Balaban J connectivity index is 2.59. The second-order valence-corrected chi connectivity index (χ2v) is 16.9. The monoisotopic (exact) mass is 888 g/mol. The van der Waals surface area contributed by atoms with Gasteiger partial charge in [0.1, 0.15) is 48.1 Å². The number of nitrogens with two attached hydrogens (primary N) is 1. The van der Waals surface area contributed by atoms with Gasteiger partial charge in [0.05, 0.1) is 12.5 Å². The number of aliphatic hydroxyl groups excluding tert-OH is 1. The van der Waals surface area contributed by atoms with Crippen LogP contribution in [0.5, 0.6) is 5.75 Å². The molecule has 63 heavy (non-hydrogen) atoms. The van der Waals surface area contributed by atoms with E-state index in [9.17, 15) is 48.6 Å². The minimum atomic E-state index is -1.52. The van der Waals surface area contributed by atoms with E-state index in [0.29, 0.717) is 24.8 Å². The molecule has 7 amide bonds. The summed E-state index contributed by atoms with van der Waals surface area (Å²) in [6.07, 6.45) is 6.93. The number of nitrogens with one attached hydrogen (secondary N) is 6. The average Bonchev–Trinajstić information content (AvgIpc) is 3.22. The van der Waals surface area contributed by atoms with E-state index in [1.54, 1.807) is 12.1 Å². The van der Waals surface area contributed by atoms with E-state index >= 15 is 0 Å². The van der Waals surface area contributed by atoms with Gasteiger partial charge in [-0.25, -0.2) is 4.79 Å². The van der Waals surface area contributed by atoms with Gasteiger partial charge in [0, 0.05) is 12.8 Å². The third-order valence-electron chi connectivity index (χ3n) is 11.2. The van der Waals surface area contributed by atoms with Gasteiger partial charge < -0.3 is 52.6 Å². The van der Waals surface area contributed by atoms with Gasteiger partial charge in [0.25, 0.3) is 0 Å². The Morgan fingerprint density at radius 2 is 1.21 bits per heavy atom. The fourth-order valence-electron chi connectivity index (χ4n) is 7.10. The van der Waals surface area contributed by atoms with Crippen molar-refractivity contribution in [3.8, 4) is 5.75 Å². The Morgan fingerprint density at radius 3 is 1.79 bits per heavy atom. The van der Waals surface area contributed by atoms with E-state index < -0.39 is 95.8 Å². The van der Waals surface area contributed by atoms with Crippen LogP contribution in [-0.4, -0.2) is 106 Å². The molecule has 0 saturated carbocycles. The van der Waals surface area contributed by atoms with Crippen molar-refractivity contribution in [1.29, 1.82) is 0 Å². The molecule has 1 saturated heterocycles. The van der Waals surface area contributed by atoms with Crippen LogP contribution in [0.2, 0.25) is 0 Å². The number of hydrogen-bond acceptors (Lipinski definition) is 11. The molecular formula is C45H73N7O11. The zero-order valence-electron chi connectivity index (χ0n) is 38.0. The van der Waals surface area contributed by atoms with Crippen molar-refractivity contribution >= 4 is 47.3 Å². The largest absolute Gasteiger partial charge is 0.508 e. The third kappa shape index (κ3) is 20.2. The first-order chi connectivity index (χ1) is 29.9. The van der Waals surface area contributed by atoms with E-state index in [2.05, 4.69) is 38.8 Å². The molecule has 2 rings (SSSR count). The molecule has 1 heterocycles. The lowest BCUT2D eigenvalue weighted by Gasteiger charge is -2.29. The summed E-state index contributed by atoms with van der Waals surface area (Å²) < 4.78 is 6.07. The molecule has 354 valence electrons. The Kier molecular flexibility index (Phi) is 24.3. The standard InChI is InChI=1S/C45H73N7O11/c1-7-9-11-12-13-14-15-16-17-27(3)36-26-38(56)52-39(30(6)53)44(61)48-28(4)40(57)47-29(5)41(58)49-33(23-24-37(46)55)42(59)51-35(25-31-19-21-32(54)22-20-31)43(60)50-34(18-10-8-2)45(62)63-36/h19-22,27-30,33-36,39,53-54H,7-18,23-26H2,1-6H3,(H2,46,55)(H,47,57)(H,48,61)(H,49,58)(H,50,60)(H,51,59)(H,52,56). The van der Waals surface area contributed by atoms with E-state index in [1.165, 1.54) is 45.7 Å². The van der Waals surface area contributed by atoms with Gasteiger partial charge >= 0.3 is 5.97 Å². The highest BCUT2D eigenvalue weighted by molar-refractivity contribution is 5.97. The maximum Gasteiger partial charge on any atom is 0.328 e. The van der Waals surface area contributed by atoms with Crippen molar-refractivity contribution in [2.24, 2.45) is 11.7 Å². The second-order valence-electron chi connectivity index (χ2n) is 16.9. The fraction of sp³-hybridized carbons (Fsp3) is 0.689. The highest BCUT2D eigenvalue weighted by Gasteiger charge is 2.35. The molecule has 1 aliphatic heterocycles. The number of ether oxygens (including phenoxy) is 1. The highest BCUT2D eigenvalue weighted by atomic mass is 16.5. The first-order valence-corrected chi connectivity index (χ1v) is 22.6. The molecule has 18 heteroatoms. The van der Waals surface area contributed by atoms with Crippen molar-refractivity contribution in [2.75, 3.05) is 0 Å². The van der Waals surface area contributed by atoms with E-state index in [-0.39, 0.29) is 43.8 Å². The zero-order valence-corrected chi connectivity index (χ0v) is 38.0. The lowest BCUT2D eigenvalue weighted by atomic mass is 9.94. The van der Waals surface area contributed by atoms with Crippen LogP contribution in [0.1, 0.15) is 143 Å². The number of unbranched alkanes of at least 4 members (excludes halogenated alkanes) is 8. The summed E-state index contributed by atoms with van der Waals surface area (Å²) in [5, 5.41) is 35.8. The Morgan fingerprint density at radius 1 is 0.683 bits per heavy atom. The summed E-state index contributed by atoms with van der Waals surface area (Å²) in [4.78, 5) is 108. The van der Waals surface area contributed by atoms with Crippen LogP contribution in [0.4, 0.5) is 0 Å². The third-order valence-corrected chi connectivity index (χ3v) is 11.2. The number of amides is 7. The summed E-state index contributed by atoms with van der Waals surface area (Å²) in [7, 11) is 0. The van der Waals surface area contributed by atoms with Gasteiger partial charge in [-0.05, 0) is 63.6 Å². The number of benzene rings is 1. The topological polar surface area (TPSA) is 284 Å². The summed E-state index contributed by atoms with van der Waals surface area (Å²) >= 11 is 0. The molecule has 0 bridgehead atoms. The van der Waals surface area contributed by atoms with Gasteiger partial charge in [-0.1, -0.05) is 97.1 Å². The molecule has 0 aliphatic carbocycles. The lowest BCUT2D eigenvalue weighted by Crippen LogP contribution is -2.60. The molecule has 0 aromatic heterocycles. The molecule has 0 spiro atoms. The number of hydrogen-bond donors (Lipinski definition) is 9. The minimum absolute atomic E-state index is 0.0365. The predicted octanol–water partition coefficient (Wildman–Crippen LogP) is 2.20. The Bertz CT molecular complexity index is 1660. The van der Waals surface area contributed by atoms with Crippen molar-refractivity contribution in [3.05, 3.63) is 29.8 Å². The van der Waals surface area contributed by atoms with Crippen molar-refractivity contribution in [1.82, 2.24) is 31.9 Å². The van der Waals surface area contributed by atoms with Gasteiger partial charge in [0.2, 0.25) is 41.4 Å². The van der Waals surface area contributed by atoms with Crippen molar-refractivity contribution < 1.29 is 53.3 Å². The smallest absolute Gasteiger partial charge is 0.328 e. The van der Waals surface area contributed by atoms with Crippen molar-refractivity contribution in [3.63, 3.8) is 0 Å². The van der Waals surface area contributed by atoms with Gasteiger partial charge in [-0.15, -0.1) is 0 Å². The molecule has 9 unspecified atom stereocenters. The highest BCUT2D eigenvalue weighted by Crippen LogP contribution is 2.22. The summed E-state index contributed by atoms with van der Waals surface area (Å²) in [5.41, 5.74) is 5.91. The zero-order chi connectivity index (χ0) is 47.1. The summed E-state index contributed by atoms with van der Waals surface area (Å²) in [5.74, 6) is -6.89. The Labute approximate surface area is 371 Å². The SMILES string of the molecule is CCCCCCCCCCC(C)C1CC(=O)NC(C(C)O)C(=O)NC(C)C(=O)NC(C)C(=O)NC(CCC(N)=O)C(=O)NC(Cc2ccc(O)cc2)C(=O)NC(CCCC)C(=O)O1. The van der Waals surface area contributed by atoms with Gasteiger partial charge in [-0.2, -0.15) is 0 Å². The van der Waals surface area contributed by atoms with Crippen LogP contribution in [0, 0.1) is 5.92 Å². The molecule has 1 aromatic rings. The van der Waals surface area contributed by atoms with E-state index in [1.807, 2.05) is 13.8 Å². The molecule has 0 radical (unpaired) electrons. The number of phenolic OH excluding ortho intramolecular Hbond substituents is 1. The van der Waals surface area contributed by atoms with Crippen molar-refractivity contribution in [2.45, 2.75) is 193 Å². The number of rotatable bonds is 19. The van der Waals surface area contributed by atoms with Crippen LogP contribution in [0.25, 0.3) is 0 Å². The summed E-state index contributed by atoms with van der Waals surface area (Å²) in [6, 6.07) is -2.16. The first-order valence-electron chi connectivity index (χ1n) is 22.6. The number of esters is 1. The number of carbonyl (C=O) groups excluding carboxylic acids is 8. The van der Waals surface area contributed by atoms with Crippen LogP contribution in [0.3, 0.4) is 0 Å². The number of aliphatic hydroxyl groups is 1. The molecule has 1 aliphatic rings. The number of cyclic esters (lactones) is 1. The number of primary amides is 1. The second kappa shape index (κ2) is 28.4. The molecule has 18 nitrogen and oxygen atoms in total. The molecule has 1 fully saturated rings. The van der Waals surface area contributed by atoms with Gasteiger partial charge in [-0.3, -0.25) is 33.6 Å². The van der Waals surface area contributed by atoms with E-state index in [0.717, 1.165) is 38.5 Å². The number of carbonyl (C=O) groups is 8. The van der Waals surface area contributed by atoms with Crippen LogP contribution in [-0.2, 0) is 49.5 Å². The number of phenols is 1. The maximum absolute atomic E-state index is 14.2. The summed E-state index contributed by atoms with van der Waals surface area (Å²) in [6.45, 7) is 9.86. The molecule has 9 atom stereocenters. The minimum Gasteiger partial charge on any atom is -0.508 e. The fourth-order valence-corrected chi connectivity index (χ4v) is 7.10. The lowest BCUT2D eigenvalue weighted by molar-refractivity contribution is -0.157. The normalized spacial score (nSPS) is 24.7.